The van der Waals surface area contributed by atoms with Gasteiger partial charge in [0, 0.05) is 18.8 Å². The SMILES string of the molecule is CCOc1cc(CNCCCO)ccc1OCC(=O)Nc1ccc(C)cc1. The molecule has 0 atom stereocenters. The highest BCUT2D eigenvalue weighted by atomic mass is 16.5. The van der Waals surface area contributed by atoms with Crippen LogP contribution in [0, 0.1) is 6.92 Å². The molecule has 3 N–H and O–H groups in total. The molecule has 0 saturated carbocycles. The van der Waals surface area contributed by atoms with Gasteiger partial charge < -0.3 is 25.2 Å². The number of rotatable bonds is 11. The van der Waals surface area contributed by atoms with Crippen LogP contribution < -0.4 is 20.1 Å². The molecule has 6 nitrogen and oxygen atoms in total. The van der Waals surface area contributed by atoms with E-state index in [1.807, 2.05) is 56.3 Å². The van der Waals surface area contributed by atoms with Crippen LogP contribution in [0.1, 0.15) is 24.5 Å². The Balaban J connectivity index is 1.91. The quantitative estimate of drug-likeness (QED) is 0.529. The summed E-state index contributed by atoms with van der Waals surface area (Å²) in [6, 6.07) is 13.3. The normalized spacial score (nSPS) is 10.5. The maximum absolute atomic E-state index is 12.1. The van der Waals surface area contributed by atoms with Gasteiger partial charge in [-0.3, -0.25) is 4.79 Å². The van der Waals surface area contributed by atoms with Crippen LogP contribution in [0.5, 0.6) is 11.5 Å². The van der Waals surface area contributed by atoms with Gasteiger partial charge in [-0.25, -0.2) is 0 Å². The van der Waals surface area contributed by atoms with E-state index in [0.29, 0.717) is 24.7 Å². The number of nitrogens with one attached hydrogen (secondary N) is 2. The molecular weight excluding hydrogens is 344 g/mol. The zero-order chi connectivity index (χ0) is 19.5. The van der Waals surface area contributed by atoms with E-state index < -0.39 is 0 Å². The lowest BCUT2D eigenvalue weighted by atomic mass is 10.2. The molecule has 0 fully saturated rings. The summed E-state index contributed by atoms with van der Waals surface area (Å²) in [4.78, 5) is 12.1. The molecular formula is C21H28N2O4. The van der Waals surface area contributed by atoms with Gasteiger partial charge >= 0.3 is 0 Å². The van der Waals surface area contributed by atoms with Crippen LogP contribution in [-0.4, -0.2) is 37.4 Å². The van der Waals surface area contributed by atoms with E-state index in [9.17, 15) is 4.79 Å². The number of aliphatic hydroxyl groups is 1. The molecule has 0 heterocycles. The Labute approximate surface area is 160 Å². The van der Waals surface area contributed by atoms with E-state index in [1.54, 1.807) is 0 Å². The molecule has 0 aromatic heterocycles. The van der Waals surface area contributed by atoms with E-state index in [2.05, 4.69) is 10.6 Å². The van der Waals surface area contributed by atoms with E-state index in [-0.39, 0.29) is 19.1 Å². The lowest BCUT2D eigenvalue weighted by Gasteiger charge is -2.14. The number of benzene rings is 2. The summed E-state index contributed by atoms with van der Waals surface area (Å²) in [5.74, 6) is 0.924. The van der Waals surface area contributed by atoms with Crippen LogP contribution in [0.4, 0.5) is 5.69 Å². The molecule has 1 amide bonds. The van der Waals surface area contributed by atoms with Crippen LogP contribution in [0.15, 0.2) is 42.5 Å². The van der Waals surface area contributed by atoms with E-state index in [0.717, 1.165) is 29.8 Å². The first kappa shape index (κ1) is 20.7. The Bertz CT molecular complexity index is 717. The third-order valence-corrected chi connectivity index (χ3v) is 3.84. The summed E-state index contributed by atoms with van der Waals surface area (Å²) in [5.41, 5.74) is 2.92. The number of anilines is 1. The minimum atomic E-state index is -0.226. The fourth-order valence-corrected chi connectivity index (χ4v) is 2.46. The summed E-state index contributed by atoms with van der Waals surface area (Å²) >= 11 is 0. The Hall–Kier alpha value is -2.57. The second-order valence-electron chi connectivity index (χ2n) is 6.17. The van der Waals surface area contributed by atoms with Gasteiger partial charge in [0.25, 0.3) is 5.91 Å². The average Bonchev–Trinajstić information content (AvgIpc) is 2.67. The standard InChI is InChI=1S/C21H28N2O4/c1-3-26-20-13-17(14-22-11-4-12-24)7-10-19(20)27-15-21(25)23-18-8-5-16(2)6-9-18/h5-10,13,22,24H,3-4,11-12,14-15H2,1-2H3,(H,23,25). The summed E-state index contributed by atoms with van der Waals surface area (Å²) in [6.45, 7) is 5.91. The molecule has 0 aliphatic carbocycles. The second kappa shape index (κ2) is 11.2. The summed E-state index contributed by atoms with van der Waals surface area (Å²) in [5, 5.41) is 14.9. The van der Waals surface area contributed by atoms with Crippen LogP contribution in [0.2, 0.25) is 0 Å². The van der Waals surface area contributed by atoms with Crippen molar-refractivity contribution in [2.45, 2.75) is 26.8 Å². The van der Waals surface area contributed by atoms with Crippen molar-refractivity contribution in [2.75, 3.05) is 31.7 Å². The van der Waals surface area contributed by atoms with Crippen molar-refractivity contribution in [3.05, 3.63) is 53.6 Å². The number of ether oxygens (including phenoxy) is 2. The van der Waals surface area contributed by atoms with Crippen molar-refractivity contribution in [1.82, 2.24) is 5.32 Å². The van der Waals surface area contributed by atoms with Gasteiger partial charge in [0.1, 0.15) is 0 Å². The first-order valence-corrected chi connectivity index (χ1v) is 9.19. The Morgan fingerprint density at radius 3 is 2.56 bits per heavy atom. The minimum absolute atomic E-state index is 0.0952. The maximum Gasteiger partial charge on any atom is 0.262 e. The van der Waals surface area contributed by atoms with Crippen molar-refractivity contribution in [1.29, 1.82) is 0 Å². The van der Waals surface area contributed by atoms with Gasteiger partial charge in [0.2, 0.25) is 0 Å². The van der Waals surface area contributed by atoms with Crippen LogP contribution in [-0.2, 0) is 11.3 Å². The minimum Gasteiger partial charge on any atom is -0.490 e. The molecule has 2 aromatic carbocycles. The molecule has 2 aromatic rings. The first-order chi connectivity index (χ1) is 13.1. The average molecular weight is 372 g/mol. The molecule has 0 bridgehead atoms. The smallest absolute Gasteiger partial charge is 0.262 e. The molecule has 0 radical (unpaired) electrons. The van der Waals surface area contributed by atoms with Gasteiger partial charge in [-0.2, -0.15) is 0 Å². The number of carbonyl (C=O) groups is 1. The molecule has 146 valence electrons. The molecule has 0 aliphatic rings. The number of aliphatic hydroxyl groups excluding tert-OH is 1. The Morgan fingerprint density at radius 2 is 1.85 bits per heavy atom. The molecule has 0 unspecified atom stereocenters. The van der Waals surface area contributed by atoms with Crippen LogP contribution in [0.3, 0.4) is 0 Å². The maximum atomic E-state index is 12.1. The summed E-state index contributed by atoms with van der Waals surface area (Å²) in [7, 11) is 0. The highest BCUT2D eigenvalue weighted by Gasteiger charge is 2.10. The lowest BCUT2D eigenvalue weighted by molar-refractivity contribution is -0.118. The van der Waals surface area contributed by atoms with Gasteiger partial charge in [-0.1, -0.05) is 23.8 Å². The fraction of sp³-hybridized carbons (Fsp3) is 0.381. The van der Waals surface area contributed by atoms with E-state index in [1.165, 1.54) is 0 Å². The lowest BCUT2D eigenvalue weighted by Crippen LogP contribution is -2.20. The molecule has 0 aliphatic heterocycles. The third-order valence-electron chi connectivity index (χ3n) is 3.84. The number of hydrogen-bond donors (Lipinski definition) is 3. The van der Waals surface area contributed by atoms with E-state index in [4.69, 9.17) is 14.6 Å². The molecule has 2 rings (SSSR count). The third kappa shape index (κ3) is 7.29. The predicted molar refractivity (Wildman–Crippen MR) is 106 cm³/mol. The van der Waals surface area contributed by atoms with Crippen molar-refractivity contribution in [2.24, 2.45) is 0 Å². The molecule has 0 spiro atoms. The highest BCUT2D eigenvalue weighted by molar-refractivity contribution is 5.91. The largest absolute Gasteiger partial charge is 0.490 e. The Kier molecular flexibility index (Phi) is 8.61. The van der Waals surface area contributed by atoms with Gasteiger partial charge in [-0.15, -0.1) is 0 Å². The monoisotopic (exact) mass is 372 g/mol. The van der Waals surface area contributed by atoms with Crippen molar-refractivity contribution in [3.8, 4) is 11.5 Å². The van der Waals surface area contributed by atoms with Gasteiger partial charge in [0.15, 0.2) is 18.1 Å². The number of amides is 1. The zero-order valence-corrected chi connectivity index (χ0v) is 16.0. The number of hydrogen-bond acceptors (Lipinski definition) is 5. The fourth-order valence-electron chi connectivity index (χ4n) is 2.46. The first-order valence-electron chi connectivity index (χ1n) is 9.19. The van der Waals surface area contributed by atoms with Crippen molar-refractivity contribution >= 4 is 11.6 Å². The topological polar surface area (TPSA) is 79.8 Å². The highest BCUT2D eigenvalue weighted by Crippen LogP contribution is 2.28. The zero-order valence-electron chi connectivity index (χ0n) is 16.0. The van der Waals surface area contributed by atoms with Gasteiger partial charge in [0.05, 0.1) is 6.61 Å². The molecule has 27 heavy (non-hydrogen) atoms. The van der Waals surface area contributed by atoms with E-state index >= 15 is 0 Å². The molecule has 6 heteroatoms. The van der Waals surface area contributed by atoms with Crippen molar-refractivity contribution in [3.63, 3.8) is 0 Å². The number of aryl methyl sites for hydroxylation is 1. The number of carbonyl (C=O) groups excluding carboxylic acids is 1. The second-order valence-corrected chi connectivity index (χ2v) is 6.17. The summed E-state index contributed by atoms with van der Waals surface area (Å²) < 4.78 is 11.3. The Morgan fingerprint density at radius 1 is 1.07 bits per heavy atom. The van der Waals surface area contributed by atoms with Crippen LogP contribution in [0.25, 0.3) is 0 Å². The van der Waals surface area contributed by atoms with Crippen molar-refractivity contribution < 1.29 is 19.4 Å². The van der Waals surface area contributed by atoms with Crippen LogP contribution >= 0.6 is 0 Å². The molecule has 0 saturated heterocycles. The van der Waals surface area contributed by atoms with Gasteiger partial charge in [-0.05, 0) is 56.6 Å². The predicted octanol–water partition coefficient (Wildman–Crippen LogP) is 2.88. The summed E-state index contributed by atoms with van der Waals surface area (Å²) in [6.07, 6.45) is 0.718.